The van der Waals surface area contributed by atoms with Gasteiger partial charge in [0.2, 0.25) is 5.95 Å². The molecule has 6 heteroatoms. The Hall–Kier alpha value is -3.02. The first-order valence-electron chi connectivity index (χ1n) is 8.22. The van der Waals surface area contributed by atoms with Crippen molar-refractivity contribution in [3.8, 4) is 11.5 Å². The van der Waals surface area contributed by atoms with Crippen LogP contribution in [-0.4, -0.2) is 29.0 Å². The first kappa shape index (κ1) is 15.5. The number of hydrogen-bond acceptors (Lipinski definition) is 5. The SMILES string of the molecule is COc1ccc([C@H]2C[C@@H](c3cccc(OC)c3)n3ncnc3N2)cc1. The zero-order chi connectivity index (χ0) is 17.2. The Morgan fingerprint density at radius 3 is 2.56 bits per heavy atom. The van der Waals surface area contributed by atoms with Crippen LogP contribution < -0.4 is 14.8 Å². The standard InChI is InChI=1S/C19H20N4O2/c1-24-15-8-6-13(7-9-15)17-11-18(23-19(22-17)20-12-21-23)14-4-3-5-16(10-14)25-2/h3-10,12,17-18H,11H2,1-2H3,(H,20,21,22)/t17-,18+/m1/s1. The lowest BCUT2D eigenvalue weighted by molar-refractivity contribution is 0.405. The minimum absolute atomic E-state index is 0.0981. The molecule has 0 unspecified atom stereocenters. The molecule has 1 N–H and O–H groups in total. The molecule has 1 aliphatic rings. The molecule has 3 aromatic rings. The van der Waals surface area contributed by atoms with E-state index in [1.807, 2.05) is 28.9 Å². The topological polar surface area (TPSA) is 61.2 Å². The minimum Gasteiger partial charge on any atom is -0.497 e. The van der Waals surface area contributed by atoms with Crippen molar-refractivity contribution >= 4 is 5.95 Å². The summed E-state index contributed by atoms with van der Waals surface area (Å²) in [6, 6.07) is 16.5. The summed E-state index contributed by atoms with van der Waals surface area (Å²) in [7, 11) is 3.36. The first-order chi connectivity index (χ1) is 12.3. The summed E-state index contributed by atoms with van der Waals surface area (Å²) < 4.78 is 12.6. The number of nitrogens with one attached hydrogen (secondary N) is 1. The van der Waals surface area contributed by atoms with Crippen LogP contribution in [0.5, 0.6) is 11.5 Å². The quantitative estimate of drug-likeness (QED) is 0.791. The summed E-state index contributed by atoms with van der Waals surface area (Å²) in [4.78, 5) is 4.37. The van der Waals surface area contributed by atoms with Crippen LogP contribution in [0.15, 0.2) is 54.9 Å². The van der Waals surface area contributed by atoms with Crippen LogP contribution in [0, 0.1) is 0 Å². The number of anilines is 1. The number of ether oxygens (including phenoxy) is 2. The highest BCUT2D eigenvalue weighted by molar-refractivity contribution is 5.40. The lowest BCUT2D eigenvalue weighted by atomic mass is 9.93. The lowest BCUT2D eigenvalue weighted by Gasteiger charge is -2.32. The van der Waals surface area contributed by atoms with Crippen molar-refractivity contribution in [1.29, 1.82) is 0 Å². The Bertz CT molecular complexity index is 860. The van der Waals surface area contributed by atoms with Gasteiger partial charge in [0, 0.05) is 0 Å². The third-order valence-corrected chi connectivity index (χ3v) is 4.63. The van der Waals surface area contributed by atoms with Crippen molar-refractivity contribution in [2.75, 3.05) is 19.5 Å². The largest absolute Gasteiger partial charge is 0.497 e. The predicted octanol–water partition coefficient (Wildman–Crippen LogP) is 3.44. The summed E-state index contributed by atoms with van der Waals surface area (Å²) in [5.41, 5.74) is 2.36. The van der Waals surface area contributed by atoms with E-state index in [-0.39, 0.29) is 12.1 Å². The summed E-state index contributed by atoms with van der Waals surface area (Å²) >= 11 is 0. The van der Waals surface area contributed by atoms with Crippen molar-refractivity contribution in [2.24, 2.45) is 0 Å². The van der Waals surface area contributed by atoms with Gasteiger partial charge in [-0.1, -0.05) is 24.3 Å². The highest BCUT2D eigenvalue weighted by Crippen LogP contribution is 2.38. The number of aromatic nitrogens is 3. The van der Waals surface area contributed by atoms with E-state index in [9.17, 15) is 0 Å². The Morgan fingerprint density at radius 1 is 1.00 bits per heavy atom. The molecule has 0 saturated heterocycles. The van der Waals surface area contributed by atoms with Crippen LogP contribution in [0.1, 0.15) is 29.6 Å². The molecule has 0 aliphatic carbocycles. The number of fused-ring (bicyclic) bond motifs is 1. The van der Waals surface area contributed by atoms with E-state index in [1.165, 1.54) is 5.56 Å². The molecule has 0 spiro atoms. The van der Waals surface area contributed by atoms with Crippen molar-refractivity contribution in [2.45, 2.75) is 18.5 Å². The van der Waals surface area contributed by atoms with Gasteiger partial charge in [-0.05, 0) is 41.8 Å². The molecule has 0 fully saturated rings. The molecule has 6 nitrogen and oxygen atoms in total. The molecule has 2 heterocycles. The highest BCUT2D eigenvalue weighted by Gasteiger charge is 2.30. The molecule has 0 bridgehead atoms. The Morgan fingerprint density at radius 2 is 1.80 bits per heavy atom. The van der Waals surface area contributed by atoms with Gasteiger partial charge < -0.3 is 14.8 Å². The smallest absolute Gasteiger partial charge is 0.222 e. The number of nitrogens with zero attached hydrogens (tertiary/aromatic N) is 3. The second-order valence-electron chi connectivity index (χ2n) is 6.03. The van der Waals surface area contributed by atoms with Gasteiger partial charge in [0.05, 0.1) is 26.3 Å². The number of methoxy groups -OCH3 is 2. The normalized spacial score (nSPS) is 19.0. The van der Waals surface area contributed by atoms with E-state index >= 15 is 0 Å². The van der Waals surface area contributed by atoms with E-state index in [0.717, 1.165) is 29.4 Å². The maximum Gasteiger partial charge on any atom is 0.222 e. The summed E-state index contributed by atoms with van der Waals surface area (Å²) in [6.07, 6.45) is 2.46. The average molecular weight is 336 g/mol. The van der Waals surface area contributed by atoms with Crippen molar-refractivity contribution in [1.82, 2.24) is 14.8 Å². The van der Waals surface area contributed by atoms with Gasteiger partial charge in [-0.2, -0.15) is 10.1 Å². The molecule has 4 rings (SSSR count). The van der Waals surface area contributed by atoms with Crippen LogP contribution in [0.4, 0.5) is 5.95 Å². The van der Waals surface area contributed by atoms with Gasteiger partial charge in [-0.25, -0.2) is 4.68 Å². The minimum atomic E-state index is 0.0981. The number of benzene rings is 2. The van der Waals surface area contributed by atoms with Crippen LogP contribution >= 0.6 is 0 Å². The number of rotatable bonds is 4. The highest BCUT2D eigenvalue weighted by atomic mass is 16.5. The third kappa shape index (κ3) is 2.91. The maximum atomic E-state index is 5.38. The molecule has 25 heavy (non-hydrogen) atoms. The van der Waals surface area contributed by atoms with Crippen LogP contribution in [-0.2, 0) is 0 Å². The molecular weight excluding hydrogens is 316 g/mol. The van der Waals surface area contributed by atoms with Gasteiger partial charge >= 0.3 is 0 Å². The monoisotopic (exact) mass is 336 g/mol. The Labute approximate surface area is 146 Å². The molecule has 128 valence electrons. The van der Waals surface area contributed by atoms with Crippen molar-refractivity contribution in [3.63, 3.8) is 0 Å². The fourth-order valence-corrected chi connectivity index (χ4v) is 3.30. The zero-order valence-corrected chi connectivity index (χ0v) is 14.2. The second-order valence-corrected chi connectivity index (χ2v) is 6.03. The lowest BCUT2D eigenvalue weighted by Crippen LogP contribution is -2.28. The molecule has 0 amide bonds. The molecule has 0 saturated carbocycles. The van der Waals surface area contributed by atoms with Gasteiger partial charge in [-0.15, -0.1) is 0 Å². The summed E-state index contributed by atoms with van der Waals surface area (Å²) in [5.74, 6) is 2.48. The fourth-order valence-electron chi connectivity index (χ4n) is 3.30. The van der Waals surface area contributed by atoms with Gasteiger partial charge in [0.25, 0.3) is 0 Å². The van der Waals surface area contributed by atoms with E-state index < -0.39 is 0 Å². The third-order valence-electron chi connectivity index (χ3n) is 4.63. The molecule has 2 aromatic carbocycles. The van der Waals surface area contributed by atoms with Crippen LogP contribution in [0.3, 0.4) is 0 Å². The Balaban J connectivity index is 1.69. The molecule has 1 aromatic heterocycles. The molecule has 1 aliphatic heterocycles. The number of hydrogen-bond donors (Lipinski definition) is 1. The average Bonchev–Trinajstić information content (AvgIpc) is 3.16. The first-order valence-corrected chi connectivity index (χ1v) is 8.22. The second kappa shape index (κ2) is 6.47. The summed E-state index contributed by atoms with van der Waals surface area (Å²) in [6.45, 7) is 0. The summed E-state index contributed by atoms with van der Waals surface area (Å²) in [5, 5.41) is 7.88. The van der Waals surface area contributed by atoms with Gasteiger partial charge in [0.1, 0.15) is 17.8 Å². The van der Waals surface area contributed by atoms with E-state index in [4.69, 9.17) is 9.47 Å². The molecule has 0 radical (unpaired) electrons. The van der Waals surface area contributed by atoms with Gasteiger partial charge in [0.15, 0.2) is 0 Å². The predicted molar refractivity (Wildman–Crippen MR) is 95.1 cm³/mol. The maximum absolute atomic E-state index is 5.38. The van der Waals surface area contributed by atoms with Gasteiger partial charge in [-0.3, -0.25) is 0 Å². The van der Waals surface area contributed by atoms with Crippen molar-refractivity contribution in [3.05, 3.63) is 66.0 Å². The van der Waals surface area contributed by atoms with Crippen LogP contribution in [0.2, 0.25) is 0 Å². The van der Waals surface area contributed by atoms with E-state index in [2.05, 4.69) is 39.7 Å². The molecule has 2 atom stereocenters. The Kier molecular flexibility index (Phi) is 4.01. The van der Waals surface area contributed by atoms with Crippen molar-refractivity contribution < 1.29 is 9.47 Å². The zero-order valence-electron chi connectivity index (χ0n) is 14.2. The molecular formula is C19H20N4O2. The fraction of sp³-hybridized carbons (Fsp3) is 0.263. The van der Waals surface area contributed by atoms with Crippen LogP contribution in [0.25, 0.3) is 0 Å². The van der Waals surface area contributed by atoms with E-state index in [0.29, 0.717) is 0 Å². The van der Waals surface area contributed by atoms with E-state index in [1.54, 1.807) is 20.5 Å².